The second-order valence-electron chi connectivity index (χ2n) is 5.40. The molecule has 0 aliphatic heterocycles. The maximum absolute atomic E-state index is 6.24. The molecule has 0 fully saturated rings. The van der Waals surface area contributed by atoms with Gasteiger partial charge in [0, 0.05) is 10.9 Å². The van der Waals surface area contributed by atoms with Crippen molar-refractivity contribution in [3.8, 4) is 5.75 Å². The van der Waals surface area contributed by atoms with Crippen molar-refractivity contribution in [1.29, 1.82) is 0 Å². The number of aromatic nitrogens is 3. The molecule has 25 heavy (non-hydrogen) atoms. The largest absolute Gasteiger partial charge is 0.497 e. The summed E-state index contributed by atoms with van der Waals surface area (Å²) in [5, 5.41) is 5.50. The van der Waals surface area contributed by atoms with E-state index in [9.17, 15) is 0 Å². The van der Waals surface area contributed by atoms with E-state index in [0.29, 0.717) is 16.7 Å². The number of anilines is 1. The number of rotatable bonds is 4. The lowest BCUT2D eigenvalue weighted by molar-refractivity contribution is 0.415. The normalized spacial score (nSPS) is 11.4. The van der Waals surface area contributed by atoms with Crippen molar-refractivity contribution in [2.24, 2.45) is 5.10 Å². The molecule has 0 unspecified atom stereocenters. The summed E-state index contributed by atoms with van der Waals surface area (Å²) in [4.78, 5) is 11.9. The number of hydrogen-bond acceptors (Lipinski definition) is 5. The Kier molecular flexibility index (Phi) is 3.95. The van der Waals surface area contributed by atoms with Crippen molar-refractivity contribution >= 4 is 45.7 Å². The van der Waals surface area contributed by atoms with Crippen LogP contribution in [-0.4, -0.2) is 28.3 Å². The third-order valence-corrected chi connectivity index (χ3v) is 4.07. The van der Waals surface area contributed by atoms with Gasteiger partial charge in [0.05, 0.1) is 29.9 Å². The number of nitrogens with one attached hydrogen (secondary N) is 2. The zero-order chi connectivity index (χ0) is 17.2. The Labute approximate surface area is 148 Å². The smallest absolute Gasteiger partial charge is 0.222 e. The number of imidazole rings is 1. The fraction of sp³-hybridized carbons (Fsp3) is 0.0556. The van der Waals surface area contributed by atoms with E-state index in [1.165, 1.54) is 0 Å². The zero-order valence-electron chi connectivity index (χ0n) is 13.3. The number of benzene rings is 2. The summed E-state index contributed by atoms with van der Waals surface area (Å²) in [7, 11) is 1.63. The van der Waals surface area contributed by atoms with Crippen LogP contribution >= 0.6 is 11.6 Å². The number of aromatic amines is 1. The monoisotopic (exact) mass is 351 g/mol. The van der Waals surface area contributed by atoms with Gasteiger partial charge in [-0.25, -0.2) is 15.4 Å². The molecule has 0 atom stereocenters. The molecule has 6 nitrogen and oxygen atoms in total. The molecule has 2 heterocycles. The number of fused-ring (bicyclic) bond motifs is 2. The van der Waals surface area contributed by atoms with Crippen molar-refractivity contribution in [2.45, 2.75) is 0 Å². The van der Waals surface area contributed by atoms with E-state index in [1.807, 2.05) is 48.5 Å². The first-order valence-corrected chi connectivity index (χ1v) is 7.99. The molecule has 4 rings (SSSR count). The number of hydrazone groups is 1. The lowest BCUT2D eigenvalue weighted by atomic mass is 10.1. The molecule has 0 aliphatic rings. The van der Waals surface area contributed by atoms with Gasteiger partial charge in [0.2, 0.25) is 5.95 Å². The number of para-hydroxylation sites is 2. The lowest BCUT2D eigenvalue weighted by Crippen LogP contribution is -1.94. The molecule has 0 aliphatic carbocycles. The number of H-pyrrole nitrogens is 1. The molecule has 7 heteroatoms. The molecular formula is C18H14ClN5O. The standard InChI is InChI=1S/C18H14ClN5O/c1-25-13-6-7-14-11(9-13)8-12(17(19)21-14)10-20-24-18-22-15-4-2-3-5-16(15)23-18/h2-10H,1H3,(H2,22,23,24)/b20-10-. The molecule has 0 amide bonds. The van der Waals surface area contributed by atoms with E-state index < -0.39 is 0 Å². The molecule has 0 radical (unpaired) electrons. The zero-order valence-corrected chi connectivity index (χ0v) is 14.1. The highest BCUT2D eigenvalue weighted by atomic mass is 35.5. The molecular weight excluding hydrogens is 338 g/mol. The van der Waals surface area contributed by atoms with E-state index in [0.717, 1.165) is 27.7 Å². The Morgan fingerprint density at radius 3 is 2.84 bits per heavy atom. The van der Waals surface area contributed by atoms with Gasteiger partial charge in [0.1, 0.15) is 10.9 Å². The molecule has 4 aromatic rings. The van der Waals surface area contributed by atoms with Gasteiger partial charge in [0.15, 0.2) is 0 Å². The van der Waals surface area contributed by atoms with E-state index in [2.05, 4.69) is 25.5 Å². The van der Waals surface area contributed by atoms with Crippen LogP contribution in [0.2, 0.25) is 5.15 Å². The minimum atomic E-state index is 0.382. The third kappa shape index (κ3) is 3.12. The minimum Gasteiger partial charge on any atom is -0.497 e. The fourth-order valence-corrected chi connectivity index (χ4v) is 2.73. The van der Waals surface area contributed by atoms with Crippen molar-refractivity contribution < 1.29 is 4.74 Å². The van der Waals surface area contributed by atoms with Gasteiger partial charge in [-0.05, 0) is 36.4 Å². The van der Waals surface area contributed by atoms with Crippen LogP contribution in [0.5, 0.6) is 5.75 Å². The van der Waals surface area contributed by atoms with Crippen molar-refractivity contribution in [1.82, 2.24) is 15.0 Å². The van der Waals surface area contributed by atoms with Crippen LogP contribution in [0, 0.1) is 0 Å². The number of methoxy groups -OCH3 is 1. The predicted molar refractivity (Wildman–Crippen MR) is 101 cm³/mol. The summed E-state index contributed by atoms with van der Waals surface area (Å²) in [6, 6.07) is 15.3. The molecule has 0 saturated carbocycles. The van der Waals surface area contributed by atoms with E-state index >= 15 is 0 Å². The summed E-state index contributed by atoms with van der Waals surface area (Å²) in [6.07, 6.45) is 1.61. The first-order chi connectivity index (χ1) is 12.2. The van der Waals surface area contributed by atoms with Gasteiger partial charge in [-0.2, -0.15) is 5.10 Å². The number of ether oxygens (including phenoxy) is 1. The highest BCUT2D eigenvalue weighted by molar-refractivity contribution is 6.32. The second kappa shape index (κ2) is 6.41. The fourth-order valence-electron chi connectivity index (χ4n) is 2.53. The molecule has 2 aromatic carbocycles. The summed E-state index contributed by atoms with van der Waals surface area (Å²) in [6.45, 7) is 0. The topological polar surface area (TPSA) is 75.2 Å². The third-order valence-electron chi connectivity index (χ3n) is 3.77. The van der Waals surface area contributed by atoms with E-state index in [1.54, 1.807) is 13.3 Å². The van der Waals surface area contributed by atoms with E-state index in [4.69, 9.17) is 16.3 Å². The molecule has 0 bridgehead atoms. The van der Waals surface area contributed by atoms with Gasteiger partial charge < -0.3 is 9.72 Å². The Balaban J connectivity index is 1.60. The van der Waals surface area contributed by atoms with Crippen LogP contribution in [0.3, 0.4) is 0 Å². The summed E-state index contributed by atoms with van der Waals surface area (Å²) in [5.74, 6) is 1.32. The van der Waals surface area contributed by atoms with Crippen LogP contribution in [0.1, 0.15) is 5.56 Å². The molecule has 2 N–H and O–H groups in total. The van der Waals surface area contributed by atoms with Gasteiger partial charge >= 0.3 is 0 Å². The van der Waals surface area contributed by atoms with Crippen molar-refractivity contribution in [3.05, 3.63) is 59.2 Å². The minimum absolute atomic E-state index is 0.382. The Morgan fingerprint density at radius 1 is 1.12 bits per heavy atom. The van der Waals surface area contributed by atoms with Gasteiger partial charge in [-0.1, -0.05) is 23.7 Å². The molecule has 2 aromatic heterocycles. The molecule has 0 saturated heterocycles. The molecule has 124 valence electrons. The first-order valence-electron chi connectivity index (χ1n) is 7.61. The average molecular weight is 352 g/mol. The van der Waals surface area contributed by atoms with Crippen LogP contribution in [0.25, 0.3) is 21.9 Å². The van der Waals surface area contributed by atoms with Crippen LogP contribution < -0.4 is 10.2 Å². The van der Waals surface area contributed by atoms with Crippen LogP contribution in [0.4, 0.5) is 5.95 Å². The number of hydrogen-bond donors (Lipinski definition) is 2. The first kappa shape index (κ1) is 15.4. The maximum Gasteiger partial charge on any atom is 0.222 e. The van der Waals surface area contributed by atoms with Gasteiger partial charge in [-0.15, -0.1) is 0 Å². The molecule has 0 spiro atoms. The lowest BCUT2D eigenvalue weighted by Gasteiger charge is -2.04. The van der Waals surface area contributed by atoms with Gasteiger partial charge in [0.25, 0.3) is 0 Å². The quantitative estimate of drug-likeness (QED) is 0.328. The van der Waals surface area contributed by atoms with Crippen molar-refractivity contribution in [2.75, 3.05) is 12.5 Å². The summed E-state index contributed by atoms with van der Waals surface area (Å²) >= 11 is 6.24. The van der Waals surface area contributed by atoms with Crippen LogP contribution in [-0.2, 0) is 0 Å². The summed E-state index contributed by atoms with van der Waals surface area (Å²) < 4.78 is 5.24. The number of pyridine rings is 1. The Hall–Kier alpha value is -3.12. The number of nitrogens with zero attached hydrogens (tertiary/aromatic N) is 3. The SMILES string of the molecule is COc1ccc2nc(Cl)c(/C=N\Nc3nc4ccccc4[nH]3)cc2c1. The Bertz CT molecular complexity index is 1060. The highest BCUT2D eigenvalue weighted by Gasteiger charge is 2.05. The Morgan fingerprint density at radius 2 is 2.00 bits per heavy atom. The number of halogens is 1. The predicted octanol–water partition coefficient (Wildman–Crippen LogP) is 4.22. The maximum atomic E-state index is 6.24. The highest BCUT2D eigenvalue weighted by Crippen LogP contribution is 2.23. The van der Waals surface area contributed by atoms with Crippen LogP contribution in [0.15, 0.2) is 53.6 Å². The van der Waals surface area contributed by atoms with Crippen molar-refractivity contribution in [3.63, 3.8) is 0 Å². The second-order valence-corrected chi connectivity index (χ2v) is 5.76. The summed E-state index contributed by atoms with van der Waals surface area (Å²) in [5.41, 5.74) is 6.19. The van der Waals surface area contributed by atoms with E-state index in [-0.39, 0.29) is 0 Å². The average Bonchev–Trinajstić information content (AvgIpc) is 3.04. The van der Waals surface area contributed by atoms with Gasteiger partial charge in [-0.3, -0.25) is 0 Å².